The number of methoxy groups -OCH3 is 1. The van der Waals surface area contributed by atoms with Crippen molar-refractivity contribution in [3.05, 3.63) is 102 Å². The molecule has 0 spiro atoms. The number of fused-ring (bicyclic) bond motifs is 1. The number of para-hydroxylation sites is 2. The second-order valence-electron chi connectivity index (χ2n) is 7.34. The number of esters is 1. The third-order valence-corrected chi connectivity index (χ3v) is 5.22. The van der Waals surface area contributed by atoms with Crippen LogP contribution in [0.4, 0.5) is 0 Å². The first-order valence-electron chi connectivity index (χ1n) is 10.2. The summed E-state index contributed by atoms with van der Waals surface area (Å²) >= 11 is 0. The summed E-state index contributed by atoms with van der Waals surface area (Å²) in [5, 5.41) is 2.10. The molecule has 0 heterocycles. The lowest BCUT2D eigenvalue weighted by Gasteiger charge is -2.15. The molecule has 0 unspecified atom stereocenters. The van der Waals surface area contributed by atoms with Crippen LogP contribution in [0.3, 0.4) is 0 Å². The van der Waals surface area contributed by atoms with Crippen LogP contribution in [0.15, 0.2) is 91.0 Å². The molecule has 0 fully saturated rings. The molecule has 4 aromatic rings. The predicted molar refractivity (Wildman–Crippen MR) is 122 cm³/mol. The fourth-order valence-corrected chi connectivity index (χ4v) is 3.36. The van der Waals surface area contributed by atoms with Gasteiger partial charge in [-0.15, -0.1) is 0 Å². The Morgan fingerprint density at radius 3 is 2.26 bits per heavy atom. The lowest BCUT2D eigenvalue weighted by Crippen LogP contribution is -2.16. The molecule has 0 aromatic heterocycles. The molecular formula is C27H24O4. The quantitative estimate of drug-likeness (QED) is 0.270. The Morgan fingerprint density at radius 2 is 1.48 bits per heavy atom. The Labute approximate surface area is 182 Å². The van der Waals surface area contributed by atoms with Crippen molar-refractivity contribution in [2.75, 3.05) is 7.11 Å². The standard InChI is InChI=1S/C27H24O4/c1-19(21-12-13-23-17-24(29-2)15-14-22(23)16-21)27(28)31-26-11-7-6-10-25(26)30-18-20-8-4-3-5-9-20/h3-17,19H,18H2,1-2H3/t19-/m0/s1. The molecule has 0 bridgehead atoms. The Kier molecular flexibility index (Phi) is 6.18. The summed E-state index contributed by atoms with van der Waals surface area (Å²) < 4.78 is 16.9. The van der Waals surface area contributed by atoms with E-state index < -0.39 is 5.92 Å². The van der Waals surface area contributed by atoms with Gasteiger partial charge in [0.05, 0.1) is 13.0 Å². The Balaban J connectivity index is 1.48. The first kappa shape index (κ1) is 20.5. The van der Waals surface area contributed by atoms with Gasteiger partial charge in [0.2, 0.25) is 0 Å². The van der Waals surface area contributed by atoms with Gasteiger partial charge in [-0.3, -0.25) is 4.79 Å². The van der Waals surface area contributed by atoms with Crippen LogP contribution in [0.2, 0.25) is 0 Å². The maximum atomic E-state index is 12.9. The SMILES string of the molecule is COc1ccc2cc([C@H](C)C(=O)Oc3ccccc3OCc3ccccc3)ccc2c1. The lowest BCUT2D eigenvalue weighted by molar-refractivity contribution is -0.135. The van der Waals surface area contributed by atoms with Gasteiger partial charge < -0.3 is 14.2 Å². The average molecular weight is 412 g/mol. The normalized spacial score (nSPS) is 11.7. The molecule has 31 heavy (non-hydrogen) atoms. The lowest BCUT2D eigenvalue weighted by atomic mass is 9.98. The topological polar surface area (TPSA) is 44.8 Å². The number of hydrogen-bond donors (Lipinski definition) is 0. The summed E-state index contributed by atoms with van der Waals surface area (Å²) in [6, 6.07) is 28.9. The van der Waals surface area contributed by atoms with Gasteiger partial charge in [-0.05, 0) is 53.1 Å². The van der Waals surface area contributed by atoms with E-state index in [2.05, 4.69) is 0 Å². The zero-order valence-electron chi connectivity index (χ0n) is 17.6. The van der Waals surface area contributed by atoms with Crippen molar-refractivity contribution < 1.29 is 19.0 Å². The number of hydrogen-bond acceptors (Lipinski definition) is 4. The van der Waals surface area contributed by atoms with E-state index in [4.69, 9.17) is 14.2 Å². The molecule has 0 N–H and O–H groups in total. The second kappa shape index (κ2) is 9.35. The summed E-state index contributed by atoms with van der Waals surface area (Å²) in [6.45, 7) is 2.25. The molecule has 4 heteroatoms. The van der Waals surface area contributed by atoms with E-state index in [0.717, 1.165) is 27.6 Å². The molecule has 0 radical (unpaired) electrons. The first-order chi connectivity index (χ1) is 15.1. The van der Waals surface area contributed by atoms with E-state index in [-0.39, 0.29) is 5.97 Å². The molecule has 4 aromatic carbocycles. The smallest absolute Gasteiger partial charge is 0.318 e. The van der Waals surface area contributed by atoms with Gasteiger partial charge in [0.25, 0.3) is 0 Å². The molecule has 0 saturated heterocycles. The highest BCUT2D eigenvalue weighted by Crippen LogP contribution is 2.30. The molecule has 0 aliphatic heterocycles. The minimum atomic E-state index is -0.423. The maximum Gasteiger partial charge on any atom is 0.318 e. The second-order valence-corrected chi connectivity index (χ2v) is 7.34. The number of ether oxygens (including phenoxy) is 3. The van der Waals surface area contributed by atoms with Gasteiger partial charge in [0, 0.05) is 0 Å². The maximum absolute atomic E-state index is 12.9. The van der Waals surface area contributed by atoms with Crippen LogP contribution in [0.1, 0.15) is 24.0 Å². The fourth-order valence-electron chi connectivity index (χ4n) is 3.36. The van der Waals surface area contributed by atoms with Crippen LogP contribution in [-0.4, -0.2) is 13.1 Å². The monoisotopic (exact) mass is 412 g/mol. The largest absolute Gasteiger partial charge is 0.497 e. The van der Waals surface area contributed by atoms with E-state index in [1.165, 1.54) is 0 Å². The summed E-state index contributed by atoms with van der Waals surface area (Å²) in [4.78, 5) is 12.9. The van der Waals surface area contributed by atoms with Crippen LogP contribution in [0.25, 0.3) is 10.8 Å². The van der Waals surface area contributed by atoms with Crippen LogP contribution in [-0.2, 0) is 11.4 Å². The van der Waals surface area contributed by atoms with E-state index >= 15 is 0 Å². The number of carbonyl (C=O) groups is 1. The number of benzene rings is 4. The van der Waals surface area contributed by atoms with E-state index in [1.54, 1.807) is 19.2 Å². The van der Waals surface area contributed by atoms with Crippen LogP contribution in [0.5, 0.6) is 17.2 Å². The van der Waals surface area contributed by atoms with E-state index in [0.29, 0.717) is 18.1 Å². The highest BCUT2D eigenvalue weighted by atomic mass is 16.6. The van der Waals surface area contributed by atoms with Gasteiger partial charge >= 0.3 is 5.97 Å². The van der Waals surface area contributed by atoms with Gasteiger partial charge in [-0.25, -0.2) is 0 Å². The molecule has 0 aliphatic rings. The minimum Gasteiger partial charge on any atom is -0.497 e. The molecule has 0 aliphatic carbocycles. The molecule has 4 nitrogen and oxygen atoms in total. The van der Waals surface area contributed by atoms with Crippen molar-refractivity contribution in [3.8, 4) is 17.2 Å². The highest BCUT2D eigenvalue weighted by Gasteiger charge is 2.20. The van der Waals surface area contributed by atoms with Gasteiger partial charge in [-0.2, -0.15) is 0 Å². The zero-order valence-corrected chi connectivity index (χ0v) is 17.6. The third-order valence-electron chi connectivity index (χ3n) is 5.22. The molecule has 0 amide bonds. The van der Waals surface area contributed by atoms with Gasteiger partial charge in [0.15, 0.2) is 11.5 Å². The number of carbonyl (C=O) groups excluding carboxylic acids is 1. The van der Waals surface area contributed by atoms with Gasteiger partial charge in [0.1, 0.15) is 12.4 Å². The molecule has 1 atom stereocenters. The average Bonchev–Trinajstić information content (AvgIpc) is 2.83. The minimum absolute atomic E-state index is 0.330. The van der Waals surface area contributed by atoms with Crippen molar-refractivity contribution in [1.29, 1.82) is 0 Å². The first-order valence-corrected chi connectivity index (χ1v) is 10.2. The summed E-state index contributed by atoms with van der Waals surface area (Å²) in [7, 11) is 1.65. The fraction of sp³-hybridized carbons (Fsp3) is 0.148. The number of rotatable bonds is 7. The van der Waals surface area contributed by atoms with E-state index in [1.807, 2.05) is 85.8 Å². The van der Waals surface area contributed by atoms with Crippen molar-refractivity contribution in [2.45, 2.75) is 19.4 Å². The summed E-state index contributed by atoms with van der Waals surface area (Å²) in [5.41, 5.74) is 1.94. The van der Waals surface area contributed by atoms with Crippen LogP contribution >= 0.6 is 0 Å². The Hall–Kier alpha value is -3.79. The third kappa shape index (κ3) is 4.86. The predicted octanol–water partition coefficient (Wildman–Crippen LogP) is 6.14. The Morgan fingerprint density at radius 1 is 0.806 bits per heavy atom. The molecule has 4 rings (SSSR count). The summed E-state index contributed by atoms with van der Waals surface area (Å²) in [6.07, 6.45) is 0. The van der Waals surface area contributed by atoms with Crippen LogP contribution < -0.4 is 14.2 Å². The summed E-state index contributed by atoms with van der Waals surface area (Å²) in [5.74, 6) is 1.01. The Bertz CT molecular complexity index is 1180. The van der Waals surface area contributed by atoms with Crippen LogP contribution in [0, 0.1) is 0 Å². The van der Waals surface area contributed by atoms with E-state index in [9.17, 15) is 4.79 Å². The van der Waals surface area contributed by atoms with Crippen molar-refractivity contribution in [1.82, 2.24) is 0 Å². The highest BCUT2D eigenvalue weighted by molar-refractivity contribution is 5.87. The molecule has 156 valence electrons. The van der Waals surface area contributed by atoms with Crippen molar-refractivity contribution in [2.24, 2.45) is 0 Å². The van der Waals surface area contributed by atoms with Crippen molar-refractivity contribution >= 4 is 16.7 Å². The van der Waals surface area contributed by atoms with Crippen molar-refractivity contribution in [3.63, 3.8) is 0 Å². The molecular weight excluding hydrogens is 388 g/mol. The molecule has 0 saturated carbocycles. The zero-order chi connectivity index (χ0) is 21.6. The van der Waals surface area contributed by atoms with Gasteiger partial charge in [-0.1, -0.05) is 66.7 Å².